The van der Waals surface area contributed by atoms with Crippen LogP contribution < -0.4 is 4.74 Å². The van der Waals surface area contributed by atoms with Gasteiger partial charge in [-0.1, -0.05) is 42.5 Å². The number of ether oxygens (including phenoxy) is 1. The minimum atomic E-state index is -0.400. The van der Waals surface area contributed by atoms with Crippen molar-refractivity contribution in [2.75, 3.05) is 0 Å². The number of hydrogen-bond acceptors (Lipinski definition) is 1. The van der Waals surface area contributed by atoms with Crippen molar-refractivity contribution in [2.45, 2.75) is 25.4 Å². The fourth-order valence-electron chi connectivity index (χ4n) is 3.33. The monoisotopic (exact) mass is 292 g/mol. The second kappa shape index (κ2) is 4.84. The predicted molar refractivity (Wildman–Crippen MR) is 86.6 cm³/mol. The SMILES string of the molecule is CC1(c2ccc(F)cc2)CCc2c(ccc3ccccc23)O1. The zero-order valence-corrected chi connectivity index (χ0v) is 12.5. The molecule has 22 heavy (non-hydrogen) atoms. The van der Waals surface area contributed by atoms with Gasteiger partial charge in [0.05, 0.1) is 0 Å². The molecule has 3 aromatic carbocycles. The molecule has 0 fully saturated rings. The molecule has 0 bridgehead atoms. The van der Waals surface area contributed by atoms with Gasteiger partial charge in [-0.2, -0.15) is 0 Å². The summed E-state index contributed by atoms with van der Waals surface area (Å²) in [6.45, 7) is 2.08. The lowest BCUT2D eigenvalue weighted by Gasteiger charge is -2.36. The average Bonchev–Trinajstić information content (AvgIpc) is 2.55. The molecule has 0 amide bonds. The lowest BCUT2D eigenvalue weighted by Crippen LogP contribution is -2.33. The van der Waals surface area contributed by atoms with Crippen molar-refractivity contribution >= 4 is 10.8 Å². The Kier molecular flexibility index (Phi) is 2.93. The minimum absolute atomic E-state index is 0.213. The fraction of sp³-hybridized carbons (Fsp3) is 0.200. The maximum absolute atomic E-state index is 13.2. The summed E-state index contributed by atoms with van der Waals surface area (Å²) in [7, 11) is 0. The van der Waals surface area contributed by atoms with Gasteiger partial charge in [-0.15, -0.1) is 0 Å². The molecule has 4 rings (SSSR count). The van der Waals surface area contributed by atoms with E-state index in [0.29, 0.717) is 0 Å². The molecule has 0 aromatic heterocycles. The van der Waals surface area contributed by atoms with Crippen molar-refractivity contribution in [2.24, 2.45) is 0 Å². The Labute approximate surface area is 129 Å². The van der Waals surface area contributed by atoms with E-state index in [1.165, 1.54) is 28.5 Å². The normalized spacial score (nSPS) is 20.5. The molecule has 0 N–H and O–H groups in total. The van der Waals surface area contributed by atoms with Gasteiger partial charge in [0.15, 0.2) is 0 Å². The predicted octanol–water partition coefficient (Wildman–Crippen LogP) is 5.22. The van der Waals surface area contributed by atoms with E-state index in [1.807, 2.05) is 12.1 Å². The molecule has 1 unspecified atom stereocenters. The number of halogens is 1. The average molecular weight is 292 g/mol. The van der Waals surface area contributed by atoms with Crippen LogP contribution in [0.15, 0.2) is 60.7 Å². The van der Waals surface area contributed by atoms with Gasteiger partial charge >= 0.3 is 0 Å². The van der Waals surface area contributed by atoms with Gasteiger partial charge in [0, 0.05) is 5.56 Å². The quantitative estimate of drug-likeness (QED) is 0.597. The van der Waals surface area contributed by atoms with E-state index >= 15 is 0 Å². The van der Waals surface area contributed by atoms with Gasteiger partial charge in [-0.05, 0) is 54.3 Å². The second-order valence-electron chi connectivity index (χ2n) is 6.10. The summed E-state index contributed by atoms with van der Waals surface area (Å²) in [6.07, 6.45) is 1.85. The van der Waals surface area contributed by atoms with Crippen LogP contribution in [0.2, 0.25) is 0 Å². The van der Waals surface area contributed by atoms with Gasteiger partial charge in [0.1, 0.15) is 17.2 Å². The van der Waals surface area contributed by atoms with E-state index < -0.39 is 5.60 Å². The van der Waals surface area contributed by atoms with Crippen molar-refractivity contribution in [3.63, 3.8) is 0 Å². The molecule has 0 radical (unpaired) electrons. The van der Waals surface area contributed by atoms with Crippen molar-refractivity contribution in [1.82, 2.24) is 0 Å². The molecule has 0 aliphatic carbocycles. The van der Waals surface area contributed by atoms with Crippen LogP contribution in [-0.2, 0) is 12.0 Å². The largest absolute Gasteiger partial charge is 0.483 e. The van der Waals surface area contributed by atoms with Crippen LogP contribution in [0.5, 0.6) is 5.75 Å². The Morgan fingerprint density at radius 2 is 1.73 bits per heavy atom. The Morgan fingerprint density at radius 3 is 2.55 bits per heavy atom. The molecule has 0 spiro atoms. The van der Waals surface area contributed by atoms with E-state index in [1.54, 1.807) is 0 Å². The Balaban J connectivity index is 1.78. The Bertz CT molecular complexity index is 838. The van der Waals surface area contributed by atoms with Crippen molar-refractivity contribution < 1.29 is 9.13 Å². The number of benzene rings is 3. The topological polar surface area (TPSA) is 9.23 Å². The van der Waals surface area contributed by atoms with Crippen LogP contribution in [-0.4, -0.2) is 0 Å². The highest BCUT2D eigenvalue weighted by atomic mass is 19.1. The molecule has 2 heteroatoms. The molecule has 3 aromatic rings. The van der Waals surface area contributed by atoms with Crippen molar-refractivity contribution in [3.8, 4) is 5.75 Å². The van der Waals surface area contributed by atoms with Gasteiger partial charge in [-0.3, -0.25) is 0 Å². The second-order valence-corrected chi connectivity index (χ2v) is 6.10. The summed E-state index contributed by atoms with van der Waals surface area (Å²) in [5.41, 5.74) is 1.90. The standard InChI is InChI=1S/C20H17FO/c1-20(15-7-9-16(21)10-8-15)13-12-18-17-5-3-2-4-14(17)6-11-19(18)22-20/h2-11H,12-13H2,1H3. The zero-order valence-electron chi connectivity index (χ0n) is 12.5. The highest BCUT2D eigenvalue weighted by Gasteiger charge is 2.33. The lowest BCUT2D eigenvalue weighted by molar-refractivity contribution is 0.0631. The van der Waals surface area contributed by atoms with Gasteiger partial charge < -0.3 is 4.74 Å². The molecule has 1 heterocycles. The highest BCUT2D eigenvalue weighted by molar-refractivity contribution is 5.88. The molecular weight excluding hydrogens is 275 g/mol. The third kappa shape index (κ3) is 2.07. The third-order valence-corrected chi connectivity index (χ3v) is 4.64. The van der Waals surface area contributed by atoms with Gasteiger partial charge in [-0.25, -0.2) is 4.39 Å². The first-order chi connectivity index (χ1) is 10.7. The lowest BCUT2D eigenvalue weighted by atomic mass is 9.85. The summed E-state index contributed by atoms with van der Waals surface area (Å²) >= 11 is 0. The fourth-order valence-corrected chi connectivity index (χ4v) is 3.33. The maximum Gasteiger partial charge on any atom is 0.132 e. The molecule has 1 aliphatic heterocycles. The van der Waals surface area contributed by atoms with Crippen molar-refractivity contribution in [1.29, 1.82) is 0 Å². The van der Waals surface area contributed by atoms with E-state index in [0.717, 1.165) is 24.2 Å². The molecular formula is C20H17FO. The molecule has 0 saturated carbocycles. The zero-order chi connectivity index (χ0) is 15.2. The van der Waals surface area contributed by atoms with E-state index in [2.05, 4.69) is 43.3 Å². The van der Waals surface area contributed by atoms with E-state index in [-0.39, 0.29) is 5.82 Å². The van der Waals surface area contributed by atoms with Gasteiger partial charge in [0.2, 0.25) is 0 Å². The van der Waals surface area contributed by atoms with Crippen LogP contribution in [0, 0.1) is 5.82 Å². The van der Waals surface area contributed by atoms with Crippen LogP contribution >= 0.6 is 0 Å². The van der Waals surface area contributed by atoms with Crippen molar-refractivity contribution in [3.05, 3.63) is 77.6 Å². The maximum atomic E-state index is 13.2. The smallest absolute Gasteiger partial charge is 0.132 e. The molecule has 0 saturated heterocycles. The first-order valence-corrected chi connectivity index (χ1v) is 7.61. The number of hydrogen-bond donors (Lipinski definition) is 0. The van der Waals surface area contributed by atoms with Crippen LogP contribution in [0.4, 0.5) is 4.39 Å². The molecule has 1 atom stereocenters. The Hall–Kier alpha value is -2.35. The number of rotatable bonds is 1. The van der Waals surface area contributed by atoms with E-state index in [4.69, 9.17) is 4.74 Å². The van der Waals surface area contributed by atoms with E-state index in [9.17, 15) is 4.39 Å². The van der Waals surface area contributed by atoms with Gasteiger partial charge in [0.25, 0.3) is 0 Å². The Morgan fingerprint density at radius 1 is 0.955 bits per heavy atom. The highest BCUT2D eigenvalue weighted by Crippen LogP contribution is 2.42. The summed E-state index contributed by atoms with van der Waals surface area (Å²) in [4.78, 5) is 0. The summed E-state index contributed by atoms with van der Waals surface area (Å²) in [6, 6.07) is 19.2. The minimum Gasteiger partial charge on any atom is -0.483 e. The van der Waals surface area contributed by atoms with Crippen LogP contribution in [0.1, 0.15) is 24.5 Å². The summed E-state index contributed by atoms with van der Waals surface area (Å²) in [5, 5.41) is 2.51. The van der Waals surface area contributed by atoms with Crippen LogP contribution in [0.25, 0.3) is 10.8 Å². The first kappa shape index (κ1) is 13.3. The molecule has 1 aliphatic rings. The molecule has 1 nitrogen and oxygen atoms in total. The number of fused-ring (bicyclic) bond motifs is 3. The first-order valence-electron chi connectivity index (χ1n) is 7.61. The summed E-state index contributed by atoms with van der Waals surface area (Å²) < 4.78 is 19.5. The molecule has 110 valence electrons. The number of aryl methyl sites for hydroxylation is 1. The summed E-state index contributed by atoms with van der Waals surface area (Å²) in [5.74, 6) is 0.728. The third-order valence-electron chi connectivity index (χ3n) is 4.64. The van der Waals surface area contributed by atoms with Crippen LogP contribution in [0.3, 0.4) is 0 Å².